The van der Waals surface area contributed by atoms with Crippen molar-refractivity contribution in [1.82, 2.24) is 19.1 Å². The highest BCUT2D eigenvalue weighted by atomic mass is 28.4. The number of aryl methyl sites for hydroxylation is 1. The molecule has 4 heterocycles. The number of aliphatic hydroxyl groups excluding tert-OH is 1. The Bertz CT molecular complexity index is 2030. The predicted octanol–water partition coefficient (Wildman–Crippen LogP) is 6.21. The lowest BCUT2D eigenvalue weighted by molar-refractivity contribution is -0.0940. The van der Waals surface area contributed by atoms with Crippen LogP contribution in [-0.4, -0.2) is 71.7 Å². The van der Waals surface area contributed by atoms with Crippen LogP contribution >= 0.6 is 0 Å². The molecule has 0 amide bonds. The van der Waals surface area contributed by atoms with Gasteiger partial charge in [-0.25, -0.2) is 9.97 Å². The van der Waals surface area contributed by atoms with Crippen molar-refractivity contribution < 1.29 is 28.5 Å². The van der Waals surface area contributed by atoms with Gasteiger partial charge in [-0.15, -0.1) is 0 Å². The van der Waals surface area contributed by atoms with Crippen molar-refractivity contribution in [3.8, 4) is 11.5 Å². The molecule has 274 valence electrons. The average Bonchev–Trinajstić information content (AvgIpc) is 3.87. The van der Waals surface area contributed by atoms with Gasteiger partial charge in [0.15, 0.2) is 25.7 Å². The topological polar surface area (TPSA) is 119 Å². The molecule has 11 nitrogen and oxygen atoms in total. The lowest BCUT2D eigenvalue weighted by Gasteiger charge is -2.40. The van der Waals surface area contributed by atoms with Crippen molar-refractivity contribution in [3.05, 3.63) is 118 Å². The summed E-state index contributed by atoms with van der Waals surface area (Å²) in [6.45, 7) is 11.4. The molecule has 7 rings (SSSR count). The minimum Gasteiger partial charge on any atom is -0.497 e. The quantitative estimate of drug-likeness (QED) is 0.125. The summed E-state index contributed by atoms with van der Waals surface area (Å²) in [7, 11) is 0.827. The fourth-order valence-electron chi connectivity index (χ4n) is 7.05. The highest BCUT2D eigenvalue weighted by Gasteiger charge is 2.52. The fraction of sp³-hybridized carbons (Fsp3) is 0.425. The van der Waals surface area contributed by atoms with E-state index in [9.17, 15) is 9.90 Å². The summed E-state index contributed by atoms with van der Waals surface area (Å²) >= 11 is 0. The Kier molecular flexibility index (Phi) is 9.64. The zero-order valence-corrected chi connectivity index (χ0v) is 31.9. The Morgan fingerprint density at radius 1 is 0.904 bits per heavy atom. The van der Waals surface area contributed by atoms with Gasteiger partial charge in [0, 0.05) is 13.0 Å². The number of benzene rings is 3. The summed E-state index contributed by atoms with van der Waals surface area (Å²) in [5, 5.41) is 12.1. The van der Waals surface area contributed by atoms with E-state index in [0.29, 0.717) is 18.6 Å². The molecule has 5 aromatic rings. The van der Waals surface area contributed by atoms with E-state index in [2.05, 4.69) is 38.8 Å². The monoisotopic (exact) mass is 724 g/mol. The first-order valence-corrected chi connectivity index (χ1v) is 20.7. The Labute approximate surface area is 305 Å². The van der Waals surface area contributed by atoms with Gasteiger partial charge in [0.1, 0.15) is 41.2 Å². The number of hydrogen-bond donors (Lipinski definition) is 1. The lowest BCUT2D eigenvalue weighted by atomic mass is 9.80. The largest absolute Gasteiger partial charge is 0.497 e. The van der Waals surface area contributed by atoms with Crippen LogP contribution in [0, 0.1) is 0 Å². The van der Waals surface area contributed by atoms with Crippen LogP contribution in [-0.2, 0) is 32.5 Å². The maximum absolute atomic E-state index is 13.4. The Balaban J connectivity index is 1.31. The highest BCUT2D eigenvalue weighted by molar-refractivity contribution is 6.74. The smallest absolute Gasteiger partial charge is 0.281 e. The Morgan fingerprint density at radius 2 is 1.50 bits per heavy atom. The molecule has 0 unspecified atom stereocenters. The minimum absolute atomic E-state index is 0.0000944. The molecule has 1 saturated heterocycles. The molecule has 2 aromatic heterocycles. The van der Waals surface area contributed by atoms with Crippen LogP contribution in [0.1, 0.15) is 55.9 Å². The number of nitrogens with zero attached hydrogens (tertiary/aromatic N) is 4. The van der Waals surface area contributed by atoms with E-state index < -0.39 is 38.5 Å². The van der Waals surface area contributed by atoms with Gasteiger partial charge >= 0.3 is 0 Å². The van der Waals surface area contributed by atoms with Crippen molar-refractivity contribution in [1.29, 1.82) is 0 Å². The molecular weight excluding hydrogens is 677 g/mol. The summed E-state index contributed by atoms with van der Waals surface area (Å²) in [4.78, 5) is 22.8. The fourth-order valence-corrected chi connectivity index (χ4v) is 8.34. The molecule has 2 aliphatic rings. The zero-order chi connectivity index (χ0) is 36.8. The summed E-state index contributed by atoms with van der Waals surface area (Å²) < 4.78 is 35.4. The van der Waals surface area contributed by atoms with Gasteiger partial charge in [-0.2, -0.15) is 0 Å². The van der Waals surface area contributed by atoms with E-state index in [1.54, 1.807) is 29.7 Å². The van der Waals surface area contributed by atoms with Crippen LogP contribution in [0.5, 0.6) is 11.5 Å². The maximum atomic E-state index is 13.4. The van der Waals surface area contributed by atoms with Crippen LogP contribution in [0.3, 0.4) is 0 Å². The lowest BCUT2D eigenvalue weighted by Crippen LogP contribution is -2.49. The molecule has 0 spiro atoms. The second-order valence-electron chi connectivity index (χ2n) is 15.1. The molecule has 0 aliphatic carbocycles. The van der Waals surface area contributed by atoms with Gasteiger partial charge in [0.25, 0.3) is 5.56 Å². The number of imidazole rings is 1. The van der Waals surface area contributed by atoms with E-state index in [0.717, 1.165) is 40.4 Å². The number of hydrogen-bond acceptors (Lipinski definition) is 9. The zero-order valence-electron chi connectivity index (χ0n) is 30.9. The van der Waals surface area contributed by atoms with Crippen LogP contribution < -0.4 is 15.0 Å². The Hall–Kier alpha value is -4.33. The number of fused-ring (bicyclic) bond motifs is 2. The predicted molar refractivity (Wildman–Crippen MR) is 200 cm³/mol. The standard InChI is InChI=1S/C40H48N4O7Si/c1-39(2,3)52(6,7)51-35-34(45)31(50-38(35)44-25-41-33-36(44)42-32-14-11-23-43(32)37(33)46)24-49-40(26-12-9-8-10-13-26,27-15-19-29(47-4)20-16-27)28-17-21-30(48-5)22-18-28/h8-10,12-13,15-22,25,31,34-35,38,45H,11,14,23-24H2,1-7H3/t31-,34-,35-,38-/m1/s1. The molecule has 52 heavy (non-hydrogen) atoms. The SMILES string of the molecule is COc1ccc(C(OC[C@H]2O[C@@H](n3cnc4c(=O)n5c(nc43)CCC5)[C@H](O[Si](C)(C)C(C)(C)C)[C@@H]2O)(c2ccccc2)c2ccc(OC)cc2)cc1. The van der Waals surface area contributed by atoms with Crippen LogP contribution in [0.15, 0.2) is 90.0 Å². The van der Waals surface area contributed by atoms with E-state index in [1.807, 2.05) is 78.9 Å². The molecule has 2 aliphatic heterocycles. The van der Waals surface area contributed by atoms with E-state index >= 15 is 0 Å². The summed E-state index contributed by atoms with van der Waals surface area (Å²) in [6.07, 6.45) is -0.330. The number of aromatic nitrogens is 4. The molecule has 0 radical (unpaired) electrons. The van der Waals surface area contributed by atoms with E-state index in [-0.39, 0.29) is 22.7 Å². The second kappa shape index (κ2) is 13.9. The molecule has 0 saturated carbocycles. The van der Waals surface area contributed by atoms with Gasteiger partial charge in [-0.3, -0.25) is 13.9 Å². The second-order valence-corrected chi connectivity index (χ2v) is 19.9. The molecule has 3 aromatic carbocycles. The van der Waals surface area contributed by atoms with Crippen LogP contribution in [0.2, 0.25) is 18.1 Å². The molecule has 12 heteroatoms. The number of aliphatic hydroxyl groups is 1. The third-order valence-corrected chi connectivity index (χ3v) is 15.5. The molecule has 0 bridgehead atoms. The van der Waals surface area contributed by atoms with E-state index in [1.165, 1.54) is 0 Å². The Morgan fingerprint density at radius 3 is 2.08 bits per heavy atom. The van der Waals surface area contributed by atoms with Crippen molar-refractivity contribution in [2.24, 2.45) is 0 Å². The first kappa shape index (κ1) is 36.0. The van der Waals surface area contributed by atoms with Gasteiger partial charge < -0.3 is 28.5 Å². The van der Waals surface area contributed by atoms with Crippen LogP contribution in [0.4, 0.5) is 0 Å². The molecule has 1 fully saturated rings. The third kappa shape index (κ3) is 6.26. The minimum atomic E-state index is -2.45. The summed E-state index contributed by atoms with van der Waals surface area (Å²) in [6, 6.07) is 25.6. The van der Waals surface area contributed by atoms with E-state index in [4.69, 9.17) is 28.4 Å². The van der Waals surface area contributed by atoms with Gasteiger partial charge in [0.2, 0.25) is 0 Å². The van der Waals surface area contributed by atoms with Crippen molar-refractivity contribution in [2.45, 2.75) is 88.4 Å². The normalized spacial score (nSPS) is 20.7. The molecule has 4 atom stereocenters. The number of rotatable bonds is 11. The van der Waals surface area contributed by atoms with Crippen molar-refractivity contribution in [2.75, 3.05) is 20.8 Å². The molecule has 1 N–H and O–H groups in total. The average molecular weight is 725 g/mol. The first-order valence-electron chi connectivity index (χ1n) is 17.8. The molecular formula is C40H48N4O7Si. The first-order chi connectivity index (χ1) is 24.9. The summed E-state index contributed by atoms with van der Waals surface area (Å²) in [5.74, 6) is 2.16. The van der Waals surface area contributed by atoms with Gasteiger partial charge in [-0.05, 0) is 65.5 Å². The van der Waals surface area contributed by atoms with Crippen LogP contribution in [0.25, 0.3) is 11.2 Å². The van der Waals surface area contributed by atoms with Crippen molar-refractivity contribution in [3.63, 3.8) is 0 Å². The van der Waals surface area contributed by atoms with Crippen molar-refractivity contribution >= 4 is 19.5 Å². The summed E-state index contributed by atoms with van der Waals surface area (Å²) in [5.41, 5.74) is 2.04. The van der Waals surface area contributed by atoms with Gasteiger partial charge in [-0.1, -0.05) is 75.4 Å². The van der Waals surface area contributed by atoms with Gasteiger partial charge in [0.05, 0.1) is 27.2 Å². The third-order valence-electron chi connectivity index (χ3n) is 11.0. The maximum Gasteiger partial charge on any atom is 0.281 e. The number of ether oxygens (including phenoxy) is 4. The number of methoxy groups -OCH3 is 2. The highest BCUT2D eigenvalue weighted by Crippen LogP contribution is 2.45.